The molecular weight excluding hydrogens is 529 g/mol. The van der Waals surface area contributed by atoms with E-state index in [1.54, 1.807) is 42.6 Å². The molecule has 38 heavy (non-hydrogen) atoms. The summed E-state index contributed by atoms with van der Waals surface area (Å²) in [6, 6.07) is 18.1. The molecule has 0 amide bonds. The first kappa shape index (κ1) is 25.9. The van der Waals surface area contributed by atoms with E-state index in [4.69, 9.17) is 42.1 Å². The molecule has 0 spiro atoms. The fraction of sp³-hybridized carbons (Fsp3) is 0.241. The van der Waals surface area contributed by atoms with Gasteiger partial charge in [0.1, 0.15) is 6.61 Å². The largest absolute Gasteiger partial charge is 0.493 e. The molecule has 1 aliphatic heterocycles. The predicted molar refractivity (Wildman–Crippen MR) is 144 cm³/mol. The molecule has 1 atom stereocenters. The number of cyclic esters (lactones) is 2. The van der Waals surface area contributed by atoms with Crippen LogP contribution in [0.25, 0.3) is 10.9 Å². The highest BCUT2D eigenvalue weighted by Crippen LogP contribution is 2.43. The van der Waals surface area contributed by atoms with Crippen LogP contribution in [0.2, 0.25) is 10.0 Å². The Balaban J connectivity index is 1.54. The van der Waals surface area contributed by atoms with Crippen molar-refractivity contribution in [1.82, 2.24) is 4.98 Å². The van der Waals surface area contributed by atoms with Crippen molar-refractivity contribution < 1.29 is 28.5 Å². The average molecular weight is 554 g/mol. The van der Waals surface area contributed by atoms with Gasteiger partial charge in [0.2, 0.25) is 0 Å². The van der Waals surface area contributed by atoms with Gasteiger partial charge in [-0.2, -0.15) is 0 Å². The van der Waals surface area contributed by atoms with E-state index < -0.39 is 29.6 Å². The second-order valence-corrected chi connectivity index (χ2v) is 10.3. The van der Waals surface area contributed by atoms with Gasteiger partial charge in [-0.3, -0.25) is 9.59 Å². The van der Waals surface area contributed by atoms with Crippen LogP contribution in [-0.2, 0) is 25.7 Å². The molecule has 7 nitrogen and oxygen atoms in total. The first-order valence-electron chi connectivity index (χ1n) is 11.9. The fourth-order valence-corrected chi connectivity index (χ4v) is 5.16. The number of esters is 2. The molecule has 2 heterocycles. The van der Waals surface area contributed by atoms with Gasteiger partial charge in [-0.1, -0.05) is 53.5 Å². The highest BCUT2D eigenvalue weighted by Gasteiger charge is 2.48. The molecule has 1 aliphatic rings. The van der Waals surface area contributed by atoms with E-state index in [0.717, 1.165) is 22.0 Å². The topological polar surface area (TPSA) is 86.9 Å². The molecule has 0 saturated carbocycles. The van der Waals surface area contributed by atoms with Crippen molar-refractivity contribution in [3.63, 3.8) is 0 Å². The number of halogens is 2. The van der Waals surface area contributed by atoms with Gasteiger partial charge in [-0.15, -0.1) is 0 Å². The second-order valence-electron chi connectivity index (χ2n) is 9.42. The maximum atomic E-state index is 13.2. The molecule has 0 radical (unpaired) electrons. The number of hydrogen-bond acceptors (Lipinski definition) is 6. The maximum Gasteiger partial charge on any atom is 0.324 e. The van der Waals surface area contributed by atoms with Crippen LogP contribution in [0.3, 0.4) is 0 Å². The van der Waals surface area contributed by atoms with Crippen molar-refractivity contribution in [3.8, 4) is 11.5 Å². The number of ether oxygens (including phenoxy) is 4. The molecule has 4 aromatic rings. The van der Waals surface area contributed by atoms with Crippen LogP contribution in [0.5, 0.6) is 11.5 Å². The summed E-state index contributed by atoms with van der Waals surface area (Å²) in [5, 5.41) is 1.90. The number of rotatable bonds is 7. The summed E-state index contributed by atoms with van der Waals surface area (Å²) in [6.45, 7) is 3.25. The van der Waals surface area contributed by atoms with Crippen molar-refractivity contribution >= 4 is 46.0 Å². The Morgan fingerprint density at radius 3 is 2.42 bits per heavy atom. The lowest BCUT2D eigenvalue weighted by molar-refractivity contribution is -0.240. The van der Waals surface area contributed by atoms with Crippen LogP contribution in [0.4, 0.5) is 0 Å². The minimum atomic E-state index is -1.34. The minimum absolute atomic E-state index is 0.188. The third kappa shape index (κ3) is 5.04. The summed E-state index contributed by atoms with van der Waals surface area (Å²) in [7, 11) is 1.52. The van der Waals surface area contributed by atoms with E-state index in [-0.39, 0.29) is 6.61 Å². The highest BCUT2D eigenvalue weighted by atomic mass is 35.5. The number of carbonyl (C=O) groups is 2. The van der Waals surface area contributed by atoms with Gasteiger partial charge < -0.3 is 23.9 Å². The quantitative estimate of drug-likeness (QED) is 0.204. The van der Waals surface area contributed by atoms with E-state index in [9.17, 15) is 9.59 Å². The average Bonchev–Trinajstić information content (AvgIpc) is 3.29. The summed E-state index contributed by atoms with van der Waals surface area (Å²) in [6.07, 6.45) is 1.80. The molecular formula is C29H25Cl2NO6. The molecule has 0 bridgehead atoms. The Kier molecular flexibility index (Phi) is 6.99. The zero-order valence-corrected chi connectivity index (χ0v) is 22.4. The smallest absolute Gasteiger partial charge is 0.324 e. The van der Waals surface area contributed by atoms with Gasteiger partial charge in [0.15, 0.2) is 17.4 Å². The fourth-order valence-electron chi connectivity index (χ4n) is 4.69. The lowest BCUT2D eigenvalue weighted by Gasteiger charge is -2.36. The summed E-state index contributed by atoms with van der Waals surface area (Å²) < 4.78 is 22.6. The maximum absolute atomic E-state index is 13.2. The summed E-state index contributed by atoms with van der Waals surface area (Å²) >= 11 is 12.3. The molecule has 0 aliphatic carbocycles. The van der Waals surface area contributed by atoms with E-state index in [1.165, 1.54) is 21.0 Å². The Labute approximate surface area is 229 Å². The van der Waals surface area contributed by atoms with Crippen molar-refractivity contribution in [3.05, 3.63) is 93.6 Å². The summed E-state index contributed by atoms with van der Waals surface area (Å²) in [4.78, 5) is 29.6. The molecule has 0 unspecified atom stereocenters. The zero-order valence-electron chi connectivity index (χ0n) is 20.9. The number of methoxy groups -OCH3 is 1. The summed E-state index contributed by atoms with van der Waals surface area (Å²) in [5.74, 6) is -3.68. The van der Waals surface area contributed by atoms with Gasteiger partial charge in [0.25, 0.3) is 5.79 Å². The summed E-state index contributed by atoms with van der Waals surface area (Å²) in [5.41, 5.74) is 3.04. The number of H-pyrrole nitrogens is 1. The second kappa shape index (κ2) is 10.2. The van der Waals surface area contributed by atoms with Gasteiger partial charge in [0.05, 0.1) is 7.11 Å². The standard InChI is InChI=1S/C29H25Cl2NO6/c1-29(2)37-27(33)26(28(34)38-29)25(20-14-32-22-7-5-4-6-19(20)22)16-9-11-23(24(12-16)35-3)36-15-17-8-10-18(30)13-21(17)31/h4-14,25-26,32H,15H2,1-3H3/t25-/m1/s1. The molecule has 1 N–H and O–H groups in total. The number of benzene rings is 3. The Morgan fingerprint density at radius 1 is 0.974 bits per heavy atom. The molecule has 3 aromatic carbocycles. The van der Waals surface area contributed by atoms with E-state index in [1.807, 2.05) is 24.3 Å². The predicted octanol–water partition coefficient (Wildman–Crippen LogP) is 6.65. The van der Waals surface area contributed by atoms with Crippen LogP contribution in [0.1, 0.15) is 36.5 Å². The van der Waals surface area contributed by atoms with Gasteiger partial charge >= 0.3 is 11.9 Å². The van der Waals surface area contributed by atoms with Gasteiger partial charge in [-0.05, 0) is 41.5 Å². The first-order chi connectivity index (χ1) is 18.2. The van der Waals surface area contributed by atoms with Crippen LogP contribution in [0, 0.1) is 5.92 Å². The van der Waals surface area contributed by atoms with Crippen LogP contribution in [-0.4, -0.2) is 29.8 Å². The Hall–Kier alpha value is -3.68. The van der Waals surface area contributed by atoms with Crippen molar-refractivity contribution in [2.45, 2.75) is 32.2 Å². The number of fused-ring (bicyclic) bond motifs is 1. The molecule has 1 fully saturated rings. The molecule has 1 saturated heterocycles. The third-order valence-electron chi connectivity index (χ3n) is 6.44. The first-order valence-corrected chi connectivity index (χ1v) is 12.7. The lowest BCUT2D eigenvalue weighted by atomic mass is 9.80. The molecule has 9 heteroatoms. The van der Waals surface area contributed by atoms with Gasteiger partial charge in [0, 0.05) is 52.5 Å². The number of aromatic amines is 1. The molecule has 5 rings (SSSR count). The van der Waals surface area contributed by atoms with E-state index in [2.05, 4.69) is 4.98 Å². The van der Waals surface area contributed by atoms with E-state index >= 15 is 0 Å². The number of carbonyl (C=O) groups excluding carboxylic acids is 2. The number of aromatic nitrogens is 1. The lowest BCUT2D eigenvalue weighted by Crippen LogP contribution is -2.48. The van der Waals surface area contributed by atoms with Gasteiger partial charge in [-0.25, -0.2) is 0 Å². The van der Waals surface area contributed by atoms with Crippen LogP contribution in [0.15, 0.2) is 66.9 Å². The number of hydrogen-bond donors (Lipinski definition) is 1. The number of para-hydroxylation sites is 1. The SMILES string of the molecule is COc1cc([C@H](c2c[nH]c3ccccc23)C2C(=O)OC(C)(C)OC2=O)ccc1OCc1ccc(Cl)cc1Cl. The van der Waals surface area contributed by atoms with Crippen molar-refractivity contribution in [2.75, 3.05) is 7.11 Å². The van der Waals surface area contributed by atoms with Crippen molar-refractivity contribution in [2.24, 2.45) is 5.92 Å². The van der Waals surface area contributed by atoms with Crippen LogP contribution >= 0.6 is 23.2 Å². The Morgan fingerprint density at radius 2 is 1.71 bits per heavy atom. The molecule has 1 aromatic heterocycles. The third-order valence-corrected chi connectivity index (χ3v) is 7.02. The normalized spacial score (nSPS) is 16.1. The molecule has 196 valence electrons. The number of nitrogens with one attached hydrogen (secondary N) is 1. The van der Waals surface area contributed by atoms with E-state index in [0.29, 0.717) is 27.1 Å². The highest BCUT2D eigenvalue weighted by molar-refractivity contribution is 6.35. The van der Waals surface area contributed by atoms with Crippen LogP contribution < -0.4 is 9.47 Å². The zero-order chi connectivity index (χ0) is 27.0. The Bertz CT molecular complexity index is 1510. The monoisotopic (exact) mass is 553 g/mol. The van der Waals surface area contributed by atoms with Crippen molar-refractivity contribution in [1.29, 1.82) is 0 Å². The minimum Gasteiger partial charge on any atom is -0.493 e.